The van der Waals surface area contributed by atoms with Gasteiger partial charge in [0.2, 0.25) is 5.91 Å². The maximum Gasteiger partial charge on any atom is 0.269 e. The standard InChI is InChI=1S/C19H21N3O3/c1-3-19(23)21-13(2)12-17(16-6-4-5-7-18(16)21)20-14-8-10-15(11-9-14)22(24)25/h4-11,13,17,20H,3,12H2,1-2H3/t13-,17+/m0/s1. The number of rotatable bonds is 4. The molecule has 6 nitrogen and oxygen atoms in total. The maximum atomic E-state index is 12.3. The van der Waals surface area contributed by atoms with Crippen molar-refractivity contribution < 1.29 is 9.72 Å². The Morgan fingerprint density at radius 1 is 1.24 bits per heavy atom. The van der Waals surface area contributed by atoms with Gasteiger partial charge in [-0.1, -0.05) is 25.1 Å². The van der Waals surface area contributed by atoms with E-state index in [-0.39, 0.29) is 23.7 Å². The first-order valence-electron chi connectivity index (χ1n) is 8.43. The van der Waals surface area contributed by atoms with E-state index < -0.39 is 4.92 Å². The minimum absolute atomic E-state index is 0.0496. The highest BCUT2D eigenvalue weighted by Crippen LogP contribution is 2.39. The number of nitro groups is 1. The molecule has 0 unspecified atom stereocenters. The summed E-state index contributed by atoms with van der Waals surface area (Å²) in [5.74, 6) is 0.119. The fourth-order valence-electron chi connectivity index (χ4n) is 3.38. The monoisotopic (exact) mass is 339 g/mol. The Morgan fingerprint density at radius 2 is 1.92 bits per heavy atom. The smallest absolute Gasteiger partial charge is 0.269 e. The molecule has 2 aromatic rings. The van der Waals surface area contributed by atoms with Crippen LogP contribution in [0.5, 0.6) is 0 Å². The molecule has 2 atom stereocenters. The van der Waals surface area contributed by atoms with E-state index in [1.54, 1.807) is 12.1 Å². The molecule has 1 aliphatic heterocycles. The molecule has 6 heteroatoms. The van der Waals surface area contributed by atoms with Crippen LogP contribution in [0.2, 0.25) is 0 Å². The SMILES string of the molecule is CCC(=O)N1c2ccccc2[C@H](Nc2ccc([N+](=O)[O-])cc2)C[C@@H]1C. The molecule has 0 saturated heterocycles. The third-order valence-corrected chi connectivity index (χ3v) is 4.58. The number of non-ortho nitro benzene ring substituents is 1. The zero-order valence-corrected chi connectivity index (χ0v) is 14.3. The number of anilines is 2. The van der Waals surface area contributed by atoms with E-state index in [0.29, 0.717) is 6.42 Å². The Kier molecular flexibility index (Phi) is 4.70. The molecular formula is C19H21N3O3. The van der Waals surface area contributed by atoms with Gasteiger partial charge in [-0.25, -0.2) is 0 Å². The van der Waals surface area contributed by atoms with E-state index >= 15 is 0 Å². The minimum atomic E-state index is -0.407. The first kappa shape index (κ1) is 17.0. The molecule has 1 amide bonds. The lowest BCUT2D eigenvalue weighted by atomic mass is 9.91. The maximum absolute atomic E-state index is 12.3. The number of hydrogen-bond acceptors (Lipinski definition) is 4. The molecule has 0 saturated carbocycles. The Morgan fingerprint density at radius 3 is 2.56 bits per heavy atom. The third kappa shape index (κ3) is 3.33. The van der Waals surface area contributed by atoms with Crippen molar-refractivity contribution in [3.8, 4) is 0 Å². The van der Waals surface area contributed by atoms with Gasteiger partial charge < -0.3 is 10.2 Å². The number of para-hydroxylation sites is 1. The van der Waals surface area contributed by atoms with Crippen LogP contribution in [0.25, 0.3) is 0 Å². The van der Waals surface area contributed by atoms with E-state index in [4.69, 9.17) is 0 Å². The zero-order valence-electron chi connectivity index (χ0n) is 14.3. The average molecular weight is 339 g/mol. The second-order valence-corrected chi connectivity index (χ2v) is 6.26. The van der Waals surface area contributed by atoms with Gasteiger partial charge in [-0.15, -0.1) is 0 Å². The van der Waals surface area contributed by atoms with E-state index in [1.165, 1.54) is 12.1 Å². The molecule has 0 bridgehead atoms. The molecule has 0 fully saturated rings. The summed E-state index contributed by atoms with van der Waals surface area (Å²) in [6, 6.07) is 14.5. The minimum Gasteiger partial charge on any atom is -0.378 e. The highest BCUT2D eigenvalue weighted by atomic mass is 16.6. The third-order valence-electron chi connectivity index (χ3n) is 4.58. The molecule has 1 aliphatic rings. The lowest BCUT2D eigenvalue weighted by Gasteiger charge is -2.40. The van der Waals surface area contributed by atoms with Crippen LogP contribution < -0.4 is 10.2 Å². The Labute approximate surface area is 146 Å². The first-order valence-corrected chi connectivity index (χ1v) is 8.43. The van der Waals surface area contributed by atoms with Crippen molar-refractivity contribution in [2.24, 2.45) is 0 Å². The number of nitro benzene ring substituents is 1. The van der Waals surface area contributed by atoms with Gasteiger partial charge in [-0.3, -0.25) is 14.9 Å². The van der Waals surface area contributed by atoms with Crippen molar-refractivity contribution in [2.45, 2.75) is 38.8 Å². The van der Waals surface area contributed by atoms with Gasteiger partial charge in [-0.2, -0.15) is 0 Å². The Hall–Kier alpha value is -2.89. The van der Waals surface area contributed by atoms with Gasteiger partial charge in [0.25, 0.3) is 5.69 Å². The van der Waals surface area contributed by atoms with Crippen molar-refractivity contribution in [1.29, 1.82) is 0 Å². The fraction of sp³-hybridized carbons (Fsp3) is 0.316. The number of carbonyl (C=O) groups excluding carboxylic acids is 1. The summed E-state index contributed by atoms with van der Waals surface area (Å²) in [7, 11) is 0. The molecule has 130 valence electrons. The molecule has 0 radical (unpaired) electrons. The summed E-state index contributed by atoms with van der Waals surface area (Å²) in [6.07, 6.45) is 1.25. The number of amides is 1. The van der Waals surface area contributed by atoms with E-state index in [9.17, 15) is 14.9 Å². The normalized spacial score (nSPS) is 19.2. The van der Waals surface area contributed by atoms with E-state index in [2.05, 4.69) is 5.32 Å². The lowest BCUT2D eigenvalue weighted by Crippen LogP contribution is -2.44. The number of nitrogens with one attached hydrogen (secondary N) is 1. The molecule has 1 heterocycles. The van der Waals surface area contributed by atoms with Crippen LogP contribution >= 0.6 is 0 Å². The highest BCUT2D eigenvalue weighted by molar-refractivity contribution is 5.95. The number of carbonyl (C=O) groups is 1. The summed E-state index contributed by atoms with van der Waals surface area (Å²) < 4.78 is 0. The lowest BCUT2D eigenvalue weighted by molar-refractivity contribution is -0.384. The topological polar surface area (TPSA) is 75.5 Å². The van der Waals surface area contributed by atoms with Crippen LogP contribution in [-0.4, -0.2) is 16.9 Å². The van der Waals surface area contributed by atoms with E-state index in [1.807, 2.05) is 43.0 Å². The second-order valence-electron chi connectivity index (χ2n) is 6.26. The van der Waals surface area contributed by atoms with Gasteiger partial charge in [0, 0.05) is 36.0 Å². The van der Waals surface area contributed by atoms with Crippen LogP contribution in [0.3, 0.4) is 0 Å². The molecule has 0 spiro atoms. The molecule has 0 aromatic heterocycles. The summed E-state index contributed by atoms with van der Waals surface area (Å²) in [4.78, 5) is 24.6. The van der Waals surface area contributed by atoms with Gasteiger partial charge in [0.15, 0.2) is 0 Å². The fourth-order valence-corrected chi connectivity index (χ4v) is 3.38. The van der Waals surface area contributed by atoms with Crippen LogP contribution in [0.15, 0.2) is 48.5 Å². The average Bonchev–Trinajstić information content (AvgIpc) is 2.62. The Balaban J connectivity index is 1.89. The predicted octanol–water partition coefficient (Wildman–Crippen LogP) is 4.28. The second kappa shape index (κ2) is 6.93. The van der Waals surface area contributed by atoms with Gasteiger partial charge in [0.1, 0.15) is 0 Å². The van der Waals surface area contributed by atoms with Gasteiger partial charge in [-0.05, 0) is 37.1 Å². The predicted molar refractivity (Wildman–Crippen MR) is 97.8 cm³/mol. The van der Waals surface area contributed by atoms with Crippen LogP contribution in [-0.2, 0) is 4.79 Å². The number of nitrogens with zero attached hydrogens (tertiary/aromatic N) is 2. The molecule has 2 aromatic carbocycles. The largest absolute Gasteiger partial charge is 0.378 e. The number of benzene rings is 2. The molecule has 25 heavy (non-hydrogen) atoms. The number of hydrogen-bond donors (Lipinski definition) is 1. The van der Waals surface area contributed by atoms with Crippen molar-refractivity contribution in [3.63, 3.8) is 0 Å². The van der Waals surface area contributed by atoms with Gasteiger partial charge in [0.05, 0.1) is 11.0 Å². The van der Waals surface area contributed by atoms with Crippen LogP contribution in [0.4, 0.5) is 17.1 Å². The van der Waals surface area contributed by atoms with Crippen molar-refractivity contribution in [3.05, 3.63) is 64.2 Å². The Bertz CT molecular complexity index is 789. The van der Waals surface area contributed by atoms with Crippen molar-refractivity contribution in [2.75, 3.05) is 10.2 Å². The summed E-state index contributed by atoms with van der Waals surface area (Å²) in [5, 5.41) is 14.2. The quantitative estimate of drug-likeness (QED) is 0.666. The van der Waals surface area contributed by atoms with Crippen LogP contribution in [0.1, 0.15) is 38.3 Å². The molecule has 0 aliphatic carbocycles. The van der Waals surface area contributed by atoms with Crippen molar-refractivity contribution >= 4 is 23.0 Å². The summed E-state index contributed by atoms with van der Waals surface area (Å²) >= 11 is 0. The first-order chi connectivity index (χ1) is 12.0. The molecule has 3 rings (SSSR count). The highest BCUT2D eigenvalue weighted by Gasteiger charge is 2.32. The van der Waals surface area contributed by atoms with Gasteiger partial charge >= 0.3 is 0 Å². The molecule has 1 N–H and O–H groups in total. The van der Waals surface area contributed by atoms with Crippen LogP contribution in [0, 0.1) is 10.1 Å². The zero-order chi connectivity index (χ0) is 18.0. The van der Waals surface area contributed by atoms with E-state index in [0.717, 1.165) is 23.4 Å². The van der Waals surface area contributed by atoms with Crippen molar-refractivity contribution in [1.82, 2.24) is 0 Å². The summed E-state index contributed by atoms with van der Waals surface area (Å²) in [6.45, 7) is 3.92. The molecular weight excluding hydrogens is 318 g/mol. The number of fused-ring (bicyclic) bond motifs is 1. The summed E-state index contributed by atoms with van der Waals surface area (Å²) in [5.41, 5.74) is 2.91.